The summed E-state index contributed by atoms with van der Waals surface area (Å²) in [5.41, 5.74) is 0. The third-order valence-electron chi connectivity index (χ3n) is 1.41. The molecule has 1 aromatic rings. The van der Waals surface area contributed by atoms with Crippen LogP contribution in [0.3, 0.4) is 0 Å². The molecule has 0 saturated carbocycles. The van der Waals surface area contributed by atoms with Crippen molar-refractivity contribution in [3.8, 4) is 11.5 Å². The zero-order valence-electron chi connectivity index (χ0n) is 8.65. The van der Waals surface area contributed by atoms with E-state index in [1.54, 1.807) is 0 Å². The van der Waals surface area contributed by atoms with Crippen LogP contribution in [-0.2, 0) is 14.5 Å². The van der Waals surface area contributed by atoms with Gasteiger partial charge in [-0.3, -0.25) is 14.6 Å². The van der Waals surface area contributed by atoms with Crippen LogP contribution in [0.4, 0.5) is 4.39 Å². The van der Waals surface area contributed by atoms with Crippen LogP contribution in [0.2, 0.25) is 0 Å². The number of hydrogen-bond acceptors (Lipinski definition) is 5. The van der Waals surface area contributed by atoms with E-state index in [1.807, 2.05) is 0 Å². The molecular weight excluding hydrogens is 219 g/mol. The highest BCUT2D eigenvalue weighted by Gasteiger charge is 2.11. The molecule has 86 valence electrons. The molecule has 0 radical (unpaired) electrons. The molecule has 1 rings (SSSR count). The lowest BCUT2D eigenvalue weighted by atomic mass is 10.3. The third-order valence-corrected chi connectivity index (χ3v) is 1.41. The summed E-state index contributed by atoms with van der Waals surface area (Å²) in [6, 6.07) is 3.20. The first-order valence-corrected chi connectivity index (χ1v) is 4.32. The number of esters is 1. The molecule has 0 N–H and O–H groups in total. The van der Waals surface area contributed by atoms with Gasteiger partial charge in [0.05, 0.1) is 0 Å². The average molecular weight is 228 g/mol. The molecule has 0 spiro atoms. The molecule has 5 nitrogen and oxygen atoms in total. The molecule has 0 aliphatic heterocycles. The highest BCUT2D eigenvalue weighted by Crippen LogP contribution is 2.28. The minimum Gasteiger partial charge on any atom is -0.422 e. The van der Waals surface area contributed by atoms with Gasteiger partial charge in [-0.1, -0.05) is 0 Å². The molecule has 0 aliphatic rings. The Bertz CT molecular complexity index is 416. The van der Waals surface area contributed by atoms with Crippen LogP contribution >= 0.6 is 0 Å². The van der Waals surface area contributed by atoms with Crippen molar-refractivity contribution in [3.05, 3.63) is 24.0 Å². The SMILES string of the molecule is CC(=O)OOc1ccc(F)cc1OC(C)=O. The van der Waals surface area contributed by atoms with Gasteiger partial charge in [0.25, 0.3) is 0 Å². The summed E-state index contributed by atoms with van der Waals surface area (Å²) in [6.07, 6.45) is 0. The van der Waals surface area contributed by atoms with Gasteiger partial charge in [0, 0.05) is 19.9 Å². The first-order chi connectivity index (χ1) is 7.49. The van der Waals surface area contributed by atoms with E-state index in [-0.39, 0.29) is 11.5 Å². The molecule has 0 fully saturated rings. The Morgan fingerprint density at radius 1 is 1.12 bits per heavy atom. The van der Waals surface area contributed by atoms with Crippen LogP contribution < -0.4 is 9.62 Å². The van der Waals surface area contributed by atoms with Crippen molar-refractivity contribution in [3.63, 3.8) is 0 Å². The van der Waals surface area contributed by atoms with Crippen molar-refractivity contribution < 1.29 is 28.5 Å². The summed E-state index contributed by atoms with van der Waals surface area (Å²) in [5, 5.41) is 0. The normalized spacial score (nSPS) is 9.44. The Labute approximate surface area is 90.6 Å². The van der Waals surface area contributed by atoms with E-state index in [2.05, 4.69) is 14.5 Å². The minimum absolute atomic E-state index is 0.0631. The fourth-order valence-electron chi connectivity index (χ4n) is 0.889. The van der Waals surface area contributed by atoms with Crippen LogP contribution in [0.25, 0.3) is 0 Å². The molecule has 0 saturated heterocycles. The van der Waals surface area contributed by atoms with Crippen molar-refractivity contribution in [2.45, 2.75) is 13.8 Å². The highest BCUT2D eigenvalue weighted by atomic mass is 19.1. The smallest absolute Gasteiger partial charge is 0.352 e. The molecule has 0 heterocycles. The fourth-order valence-corrected chi connectivity index (χ4v) is 0.889. The second-order valence-electron chi connectivity index (χ2n) is 2.84. The first kappa shape index (κ1) is 12.0. The maximum absolute atomic E-state index is 12.8. The van der Waals surface area contributed by atoms with Gasteiger partial charge < -0.3 is 4.74 Å². The third kappa shape index (κ3) is 3.56. The Kier molecular flexibility index (Phi) is 3.82. The zero-order valence-corrected chi connectivity index (χ0v) is 8.65. The van der Waals surface area contributed by atoms with Crippen LogP contribution in [0, 0.1) is 5.82 Å². The Morgan fingerprint density at radius 2 is 1.81 bits per heavy atom. The van der Waals surface area contributed by atoms with Gasteiger partial charge >= 0.3 is 11.9 Å². The summed E-state index contributed by atoms with van der Waals surface area (Å²) in [6.45, 7) is 2.29. The Balaban J connectivity index is 2.88. The predicted octanol–water partition coefficient (Wildman–Crippen LogP) is 1.61. The number of carbonyl (C=O) groups excluding carboxylic acids is 2. The molecule has 0 unspecified atom stereocenters. The summed E-state index contributed by atoms with van der Waals surface area (Å²) in [5.74, 6) is -2.15. The van der Waals surface area contributed by atoms with E-state index in [1.165, 1.54) is 6.07 Å². The maximum atomic E-state index is 12.8. The predicted molar refractivity (Wildman–Crippen MR) is 50.1 cm³/mol. The van der Waals surface area contributed by atoms with Crippen molar-refractivity contribution in [1.29, 1.82) is 0 Å². The number of carbonyl (C=O) groups is 2. The molecule has 16 heavy (non-hydrogen) atoms. The molecule has 0 amide bonds. The first-order valence-electron chi connectivity index (χ1n) is 4.32. The quantitative estimate of drug-likeness (QED) is 0.340. The number of ether oxygens (including phenoxy) is 1. The lowest BCUT2D eigenvalue weighted by Gasteiger charge is -2.07. The lowest BCUT2D eigenvalue weighted by molar-refractivity contribution is -0.211. The largest absolute Gasteiger partial charge is 0.422 e. The zero-order chi connectivity index (χ0) is 12.1. The maximum Gasteiger partial charge on any atom is 0.352 e. The highest BCUT2D eigenvalue weighted by molar-refractivity contribution is 5.70. The van der Waals surface area contributed by atoms with Gasteiger partial charge in [-0.2, -0.15) is 0 Å². The Morgan fingerprint density at radius 3 is 2.38 bits per heavy atom. The van der Waals surface area contributed by atoms with Gasteiger partial charge in [0.2, 0.25) is 5.75 Å². The monoisotopic (exact) mass is 228 g/mol. The summed E-state index contributed by atoms with van der Waals surface area (Å²) in [4.78, 5) is 30.0. The number of hydrogen-bond donors (Lipinski definition) is 0. The van der Waals surface area contributed by atoms with Crippen molar-refractivity contribution in [2.24, 2.45) is 0 Å². The van der Waals surface area contributed by atoms with Gasteiger partial charge in [-0.15, -0.1) is 0 Å². The van der Waals surface area contributed by atoms with Gasteiger partial charge in [0.15, 0.2) is 5.75 Å². The number of benzene rings is 1. The van der Waals surface area contributed by atoms with Crippen LogP contribution in [-0.4, -0.2) is 11.9 Å². The Hall–Kier alpha value is -2.11. The average Bonchev–Trinajstić information content (AvgIpc) is 2.15. The topological polar surface area (TPSA) is 61.8 Å². The van der Waals surface area contributed by atoms with E-state index < -0.39 is 17.8 Å². The number of halogens is 1. The molecule has 0 bridgehead atoms. The lowest BCUT2D eigenvalue weighted by Crippen LogP contribution is -2.07. The summed E-state index contributed by atoms with van der Waals surface area (Å²) in [7, 11) is 0. The van der Waals surface area contributed by atoms with Gasteiger partial charge in [-0.25, -0.2) is 9.18 Å². The molecule has 0 aromatic heterocycles. The summed E-state index contributed by atoms with van der Waals surface area (Å²) < 4.78 is 17.5. The standard InChI is InChI=1S/C10H9FO5/c1-6(12)14-10-5-8(11)3-4-9(10)16-15-7(2)13/h3-5H,1-2H3. The molecular formula is C10H9FO5. The second kappa shape index (κ2) is 5.11. The van der Waals surface area contributed by atoms with Crippen LogP contribution in [0.15, 0.2) is 18.2 Å². The molecule has 1 aromatic carbocycles. The molecule has 0 aliphatic carbocycles. The van der Waals surface area contributed by atoms with E-state index in [0.717, 1.165) is 26.0 Å². The van der Waals surface area contributed by atoms with E-state index in [4.69, 9.17) is 0 Å². The van der Waals surface area contributed by atoms with Crippen molar-refractivity contribution >= 4 is 11.9 Å². The summed E-state index contributed by atoms with van der Waals surface area (Å²) >= 11 is 0. The molecule has 0 atom stereocenters. The number of rotatable bonds is 3. The second-order valence-corrected chi connectivity index (χ2v) is 2.84. The van der Waals surface area contributed by atoms with Crippen molar-refractivity contribution in [2.75, 3.05) is 0 Å². The minimum atomic E-state index is -0.682. The van der Waals surface area contributed by atoms with E-state index in [0.29, 0.717) is 0 Å². The van der Waals surface area contributed by atoms with Crippen molar-refractivity contribution in [1.82, 2.24) is 0 Å². The van der Waals surface area contributed by atoms with Gasteiger partial charge in [0.1, 0.15) is 5.82 Å². The van der Waals surface area contributed by atoms with E-state index >= 15 is 0 Å². The van der Waals surface area contributed by atoms with Gasteiger partial charge in [-0.05, 0) is 12.1 Å². The molecule has 6 heteroatoms. The fraction of sp³-hybridized carbons (Fsp3) is 0.200. The van der Waals surface area contributed by atoms with Crippen LogP contribution in [0.1, 0.15) is 13.8 Å². The van der Waals surface area contributed by atoms with Crippen LogP contribution in [0.5, 0.6) is 11.5 Å². The van der Waals surface area contributed by atoms with E-state index in [9.17, 15) is 14.0 Å².